The summed E-state index contributed by atoms with van der Waals surface area (Å²) in [7, 11) is 0. The van der Waals surface area contributed by atoms with Crippen LogP contribution in [0.25, 0.3) is 0 Å². The first-order valence-corrected chi connectivity index (χ1v) is 7.63. The average Bonchev–Trinajstić information content (AvgIpc) is 2.59. The summed E-state index contributed by atoms with van der Waals surface area (Å²) in [6, 6.07) is 0.447. The molecule has 0 fully saturated rings. The van der Waals surface area contributed by atoms with E-state index in [1.165, 1.54) is 0 Å². The van der Waals surface area contributed by atoms with Crippen LogP contribution in [0.2, 0.25) is 0 Å². The predicted molar refractivity (Wildman–Crippen MR) is 78.0 cm³/mol. The number of rotatable bonds is 4. The Kier molecular flexibility index (Phi) is 7.91. The number of aromatic nitrogens is 2. The van der Waals surface area contributed by atoms with Gasteiger partial charge in [0.2, 0.25) is 5.82 Å². The summed E-state index contributed by atoms with van der Waals surface area (Å²) in [5.41, 5.74) is -4.42. The van der Waals surface area contributed by atoms with Crippen LogP contribution in [0.4, 0.5) is 39.5 Å². The standard InChI is InChI=1S/C16H11F9N2O2.Fe/c17-14(18,19)9-1-7(2-10(3-9)15(20,21)22)11(28)4-12(29)8-5-26-13(27-6-8)16(23,24)25;/h1-3,5-6,11-12,28-29H,4H2;. The molecule has 168 valence electrons. The SMILES string of the molecule is OC(CC(O)c1cc(C(F)(F)F)cc(C(F)(F)F)c1)c1cnc(C(F)(F)F)nc1.[Fe]. The molecule has 1 aromatic carbocycles. The largest absolute Gasteiger partial charge is 0.451 e. The molecule has 0 saturated carbocycles. The fourth-order valence-corrected chi connectivity index (χ4v) is 2.31. The summed E-state index contributed by atoms with van der Waals surface area (Å²) < 4.78 is 114. The molecule has 4 nitrogen and oxygen atoms in total. The number of alkyl halides is 9. The minimum Gasteiger partial charge on any atom is -0.388 e. The van der Waals surface area contributed by atoms with Crippen molar-refractivity contribution < 1.29 is 66.8 Å². The summed E-state index contributed by atoms with van der Waals surface area (Å²) in [5, 5.41) is 19.9. The van der Waals surface area contributed by atoms with E-state index in [1.54, 1.807) is 0 Å². The molecule has 0 aliphatic heterocycles. The van der Waals surface area contributed by atoms with Crippen LogP contribution >= 0.6 is 0 Å². The molecule has 1 aromatic heterocycles. The second-order valence-corrected chi connectivity index (χ2v) is 5.94. The summed E-state index contributed by atoms with van der Waals surface area (Å²) in [4.78, 5) is 5.94. The van der Waals surface area contributed by atoms with E-state index >= 15 is 0 Å². The summed E-state index contributed by atoms with van der Waals surface area (Å²) in [6.07, 6.45) is -18.5. The first kappa shape index (κ1) is 26.1. The van der Waals surface area contributed by atoms with Crippen LogP contribution in [0.15, 0.2) is 30.6 Å². The van der Waals surface area contributed by atoms with Gasteiger partial charge in [0.15, 0.2) is 0 Å². The molecule has 2 unspecified atom stereocenters. The molecular formula is C16H11F9FeN2O2. The van der Waals surface area contributed by atoms with Gasteiger partial charge >= 0.3 is 18.5 Å². The molecule has 30 heavy (non-hydrogen) atoms. The van der Waals surface area contributed by atoms with Crippen molar-refractivity contribution in [2.45, 2.75) is 37.2 Å². The van der Waals surface area contributed by atoms with E-state index in [-0.39, 0.29) is 40.8 Å². The van der Waals surface area contributed by atoms with Crippen LogP contribution in [-0.4, -0.2) is 20.2 Å². The van der Waals surface area contributed by atoms with Crippen LogP contribution in [0, 0.1) is 0 Å². The molecule has 0 aliphatic carbocycles. The number of aliphatic hydroxyl groups is 2. The predicted octanol–water partition coefficient (Wildman–Crippen LogP) is 4.69. The quantitative estimate of drug-likeness (QED) is 0.483. The third-order valence-electron chi connectivity index (χ3n) is 3.75. The molecule has 0 amide bonds. The average molecular weight is 490 g/mol. The Morgan fingerprint density at radius 2 is 1.07 bits per heavy atom. The van der Waals surface area contributed by atoms with E-state index in [4.69, 9.17) is 0 Å². The van der Waals surface area contributed by atoms with Gasteiger partial charge in [0.05, 0.1) is 23.3 Å². The summed E-state index contributed by atoms with van der Waals surface area (Å²) >= 11 is 0. The zero-order chi connectivity index (χ0) is 22.2. The van der Waals surface area contributed by atoms with E-state index in [0.29, 0.717) is 12.4 Å². The third kappa shape index (κ3) is 6.56. The number of benzene rings is 1. The third-order valence-corrected chi connectivity index (χ3v) is 3.75. The van der Waals surface area contributed by atoms with E-state index < -0.39 is 59.7 Å². The van der Waals surface area contributed by atoms with Crippen molar-refractivity contribution in [3.8, 4) is 0 Å². The van der Waals surface area contributed by atoms with Gasteiger partial charge in [0.25, 0.3) is 0 Å². The minimum atomic E-state index is -5.13. The normalized spacial score (nSPS) is 14.8. The van der Waals surface area contributed by atoms with Gasteiger partial charge in [-0.05, 0) is 23.8 Å². The molecule has 2 N–H and O–H groups in total. The van der Waals surface area contributed by atoms with Gasteiger partial charge in [-0.3, -0.25) is 0 Å². The van der Waals surface area contributed by atoms with Gasteiger partial charge in [-0.25, -0.2) is 9.97 Å². The molecule has 14 heteroatoms. The summed E-state index contributed by atoms with van der Waals surface area (Å²) in [5.74, 6) is -1.51. The van der Waals surface area contributed by atoms with Crippen molar-refractivity contribution in [1.29, 1.82) is 0 Å². The Morgan fingerprint density at radius 3 is 1.43 bits per heavy atom. The Labute approximate surface area is 173 Å². The molecule has 0 saturated heterocycles. The number of hydrogen-bond donors (Lipinski definition) is 2. The Bertz CT molecular complexity index is 820. The topological polar surface area (TPSA) is 66.2 Å². The molecule has 0 radical (unpaired) electrons. The van der Waals surface area contributed by atoms with Crippen LogP contribution < -0.4 is 0 Å². The van der Waals surface area contributed by atoms with Crippen LogP contribution in [0.5, 0.6) is 0 Å². The van der Waals surface area contributed by atoms with Crippen molar-refractivity contribution in [2.24, 2.45) is 0 Å². The number of aliphatic hydroxyl groups excluding tert-OH is 2. The first-order valence-electron chi connectivity index (χ1n) is 7.63. The maximum atomic E-state index is 12.9. The molecule has 1 heterocycles. The fraction of sp³-hybridized carbons (Fsp3) is 0.375. The van der Waals surface area contributed by atoms with Gasteiger partial charge < -0.3 is 10.2 Å². The Hall–Kier alpha value is -1.89. The van der Waals surface area contributed by atoms with Gasteiger partial charge in [0.1, 0.15) is 0 Å². The monoisotopic (exact) mass is 490 g/mol. The number of nitrogens with zero attached hydrogens (tertiary/aromatic N) is 2. The molecule has 0 aliphatic rings. The van der Waals surface area contributed by atoms with Gasteiger partial charge in [-0.1, -0.05) is 0 Å². The van der Waals surface area contributed by atoms with Gasteiger partial charge in [-0.2, -0.15) is 39.5 Å². The molecular weight excluding hydrogens is 479 g/mol. The van der Waals surface area contributed by atoms with Crippen molar-refractivity contribution in [1.82, 2.24) is 9.97 Å². The second-order valence-electron chi connectivity index (χ2n) is 5.94. The van der Waals surface area contributed by atoms with Crippen LogP contribution in [-0.2, 0) is 35.6 Å². The first-order chi connectivity index (χ1) is 13.1. The van der Waals surface area contributed by atoms with E-state index in [1.807, 2.05) is 0 Å². The van der Waals surface area contributed by atoms with Crippen LogP contribution in [0.3, 0.4) is 0 Å². The molecule has 0 bridgehead atoms. The van der Waals surface area contributed by atoms with Crippen molar-refractivity contribution >= 4 is 0 Å². The zero-order valence-corrected chi connectivity index (χ0v) is 15.4. The van der Waals surface area contributed by atoms with Crippen molar-refractivity contribution in [3.05, 3.63) is 58.7 Å². The molecule has 0 spiro atoms. The molecule has 2 atom stereocenters. The minimum absolute atomic E-state index is 0. The maximum Gasteiger partial charge on any atom is 0.451 e. The van der Waals surface area contributed by atoms with Crippen molar-refractivity contribution in [2.75, 3.05) is 0 Å². The Morgan fingerprint density at radius 1 is 0.667 bits per heavy atom. The van der Waals surface area contributed by atoms with E-state index in [9.17, 15) is 49.7 Å². The van der Waals surface area contributed by atoms with Crippen LogP contribution in [0.1, 0.15) is 46.7 Å². The van der Waals surface area contributed by atoms with E-state index in [0.717, 1.165) is 0 Å². The molecule has 2 aromatic rings. The summed E-state index contributed by atoms with van der Waals surface area (Å²) in [6.45, 7) is 0. The smallest absolute Gasteiger partial charge is 0.388 e. The zero-order valence-electron chi connectivity index (χ0n) is 14.3. The molecule has 2 rings (SSSR count). The maximum absolute atomic E-state index is 12.9. The number of hydrogen-bond acceptors (Lipinski definition) is 4. The van der Waals surface area contributed by atoms with Crippen molar-refractivity contribution in [3.63, 3.8) is 0 Å². The fourth-order valence-electron chi connectivity index (χ4n) is 2.31. The van der Waals surface area contributed by atoms with Gasteiger partial charge in [-0.15, -0.1) is 0 Å². The van der Waals surface area contributed by atoms with Gasteiger partial charge in [0, 0.05) is 41.4 Å². The Balaban J connectivity index is 0.00000450. The number of halogens is 9. The van der Waals surface area contributed by atoms with E-state index in [2.05, 4.69) is 9.97 Å². The second kappa shape index (κ2) is 9.08.